The molecule has 0 unspecified atom stereocenters. The highest BCUT2D eigenvalue weighted by Crippen LogP contribution is 2.30. The van der Waals surface area contributed by atoms with Crippen LogP contribution < -0.4 is 0 Å². The standard InChI is InChI=1S/C14H22Br2N2O2S/c1-5-6-18(8-7-17(3)4)21(19,20)14-10-12(15)11(2)9-13(14)16/h9-10H,5-8H2,1-4H3. The predicted molar refractivity (Wildman–Crippen MR) is 94.2 cm³/mol. The minimum absolute atomic E-state index is 0.312. The fourth-order valence-corrected chi connectivity index (χ4v) is 5.04. The van der Waals surface area contributed by atoms with Gasteiger partial charge in [0.2, 0.25) is 10.0 Å². The number of hydrogen-bond donors (Lipinski definition) is 0. The van der Waals surface area contributed by atoms with E-state index in [0.29, 0.717) is 29.0 Å². The van der Waals surface area contributed by atoms with E-state index in [0.717, 1.165) is 16.5 Å². The minimum Gasteiger partial charge on any atom is -0.308 e. The summed E-state index contributed by atoms with van der Waals surface area (Å²) in [6, 6.07) is 3.50. The molecule has 0 aromatic heterocycles. The van der Waals surface area contributed by atoms with Gasteiger partial charge in [0.05, 0.1) is 4.90 Å². The first-order valence-corrected chi connectivity index (χ1v) is 9.83. The molecule has 0 spiro atoms. The number of hydrogen-bond acceptors (Lipinski definition) is 3. The second-order valence-corrected chi connectivity index (χ2v) is 8.85. The third-order valence-corrected chi connectivity index (χ3v) is 6.81. The van der Waals surface area contributed by atoms with Crippen LogP contribution in [-0.2, 0) is 10.0 Å². The first-order chi connectivity index (χ1) is 9.70. The number of benzene rings is 1. The Hall–Kier alpha value is 0.0500. The number of aryl methyl sites for hydroxylation is 1. The molecule has 0 aliphatic rings. The van der Waals surface area contributed by atoms with E-state index < -0.39 is 10.0 Å². The SMILES string of the molecule is CCCN(CCN(C)C)S(=O)(=O)c1cc(Br)c(C)cc1Br. The quantitative estimate of drug-likeness (QED) is 0.650. The summed E-state index contributed by atoms with van der Waals surface area (Å²) in [5.41, 5.74) is 0.996. The van der Waals surface area contributed by atoms with Crippen molar-refractivity contribution in [1.29, 1.82) is 0 Å². The fourth-order valence-electron chi connectivity index (χ4n) is 1.88. The number of halogens is 2. The molecule has 120 valence electrons. The molecule has 0 bridgehead atoms. The van der Waals surface area contributed by atoms with Gasteiger partial charge in [-0.1, -0.05) is 22.9 Å². The van der Waals surface area contributed by atoms with Crippen molar-refractivity contribution < 1.29 is 8.42 Å². The van der Waals surface area contributed by atoms with E-state index in [9.17, 15) is 8.42 Å². The molecule has 1 aromatic rings. The van der Waals surface area contributed by atoms with Gasteiger partial charge in [0.1, 0.15) is 0 Å². The zero-order valence-corrected chi connectivity index (χ0v) is 16.8. The Morgan fingerprint density at radius 1 is 1.05 bits per heavy atom. The Kier molecular flexibility index (Phi) is 7.33. The maximum absolute atomic E-state index is 12.9. The molecule has 0 aliphatic carbocycles. The average molecular weight is 442 g/mol. The Bertz CT molecular complexity index is 589. The van der Waals surface area contributed by atoms with Crippen LogP contribution >= 0.6 is 31.9 Å². The highest BCUT2D eigenvalue weighted by molar-refractivity contribution is 9.11. The molecular weight excluding hydrogens is 420 g/mol. The van der Waals surface area contributed by atoms with Crippen LogP contribution in [-0.4, -0.2) is 51.4 Å². The summed E-state index contributed by atoms with van der Waals surface area (Å²) in [5.74, 6) is 0. The van der Waals surface area contributed by atoms with Crippen LogP contribution in [0.4, 0.5) is 0 Å². The van der Waals surface area contributed by atoms with Crippen LogP contribution in [0.1, 0.15) is 18.9 Å². The van der Waals surface area contributed by atoms with Crippen molar-refractivity contribution in [3.63, 3.8) is 0 Å². The fraction of sp³-hybridized carbons (Fsp3) is 0.571. The van der Waals surface area contributed by atoms with Gasteiger partial charge in [-0.3, -0.25) is 0 Å². The molecule has 0 fully saturated rings. The van der Waals surface area contributed by atoms with Gasteiger partial charge in [0.25, 0.3) is 0 Å². The maximum atomic E-state index is 12.9. The summed E-state index contributed by atoms with van der Waals surface area (Å²) in [5, 5.41) is 0. The molecule has 1 aromatic carbocycles. The van der Waals surface area contributed by atoms with Crippen LogP contribution in [0.5, 0.6) is 0 Å². The van der Waals surface area contributed by atoms with E-state index >= 15 is 0 Å². The summed E-state index contributed by atoms with van der Waals surface area (Å²) in [6.07, 6.45) is 0.789. The van der Waals surface area contributed by atoms with Crippen molar-refractivity contribution in [2.45, 2.75) is 25.2 Å². The Balaban J connectivity index is 3.19. The van der Waals surface area contributed by atoms with E-state index in [1.54, 1.807) is 10.4 Å². The second kappa shape index (κ2) is 8.06. The van der Waals surface area contributed by atoms with Gasteiger partial charge in [-0.15, -0.1) is 0 Å². The lowest BCUT2D eigenvalue weighted by Crippen LogP contribution is -2.37. The molecule has 7 heteroatoms. The number of likely N-dealkylation sites (N-methyl/N-ethyl adjacent to an activating group) is 1. The van der Waals surface area contributed by atoms with Crippen LogP contribution in [0, 0.1) is 6.92 Å². The Morgan fingerprint density at radius 3 is 2.19 bits per heavy atom. The number of sulfonamides is 1. The first kappa shape index (κ1) is 19.1. The summed E-state index contributed by atoms with van der Waals surface area (Å²) in [6.45, 7) is 5.62. The highest BCUT2D eigenvalue weighted by Gasteiger charge is 2.26. The molecule has 0 N–H and O–H groups in total. The lowest BCUT2D eigenvalue weighted by Gasteiger charge is -2.24. The van der Waals surface area contributed by atoms with Crippen molar-refractivity contribution in [2.24, 2.45) is 0 Å². The van der Waals surface area contributed by atoms with E-state index in [2.05, 4.69) is 31.9 Å². The molecule has 0 radical (unpaired) electrons. The molecule has 0 aliphatic heterocycles. The number of nitrogens with zero attached hydrogens (tertiary/aromatic N) is 2. The van der Waals surface area contributed by atoms with Crippen LogP contribution in [0.15, 0.2) is 26.0 Å². The van der Waals surface area contributed by atoms with E-state index in [1.165, 1.54) is 0 Å². The Morgan fingerprint density at radius 2 is 1.67 bits per heavy atom. The maximum Gasteiger partial charge on any atom is 0.244 e. The minimum atomic E-state index is -3.50. The van der Waals surface area contributed by atoms with E-state index in [-0.39, 0.29) is 0 Å². The lowest BCUT2D eigenvalue weighted by atomic mass is 10.2. The highest BCUT2D eigenvalue weighted by atomic mass is 79.9. The van der Waals surface area contributed by atoms with Crippen molar-refractivity contribution in [3.8, 4) is 0 Å². The summed E-state index contributed by atoms with van der Waals surface area (Å²) >= 11 is 6.79. The Labute approximate surface area is 144 Å². The molecule has 1 rings (SSSR count). The number of rotatable bonds is 7. The van der Waals surface area contributed by atoms with Crippen LogP contribution in [0.3, 0.4) is 0 Å². The van der Waals surface area contributed by atoms with Crippen molar-refractivity contribution >= 4 is 41.9 Å². The van der Waals surface area contributed by atoms with E-state index in [1.807, 2.05) is 38.9 Å². The van der Waals surface area contributed by atoms with Crippen molar-refractivity contribution in [1.82, 2.24) is 9.21 Å². The van der Waals surface area contributed by atoms with Crippen LogP contribution in [0.2, 0.25) is 0 Å². The molecule has 0 saturated heterocycles. The van der Waals surface area contributed by atoms with Gasteiger partial charge in [-0.05, 0) is 61.1 Å². The molecule has 0 amide bonds. The molecule has 4 nitrogen and oxygen atoms in total. The monoisotopic (exact) mass is 440 g/mol. The lowest BCUT2D eigenvalue weighted by molar-refractivity contribution is 0.333. The summed E-state index contributed by atoms with van der Waals surface area (Å²) in [4.78, 5) is 2.30. The zero-order valence-electron chi connectivity index (χ0n) is 12.9. The van der Waals surface area contributed by atoms with Gasteiger partial charge in [0, 0.05) is 28.6 Å². The smallest absolute Gasteiger partial charge is 0.244 e. The summed E-state index contributed by atoms with van der Waals surface area (Å²) in [7, 11) is 0.380. The largest absolute Gasteiger partial charge is 0.308 e. The molecule has 0 atom stereocenters. The predicted octanol–water partition coefficient (Wildman–Crippen LogP) is 3.48. The topological polar surface area (TPSA) is 40.6 Å². The van der Waals surface area contributed by atoms with Gasteiger partial charge in [-0.2, -0.15) is 4.31 Å². The third kappa shape index (κ3) is 5.03. The van der Waals surface area contributed by atoms with Gasteiger partial charge >= 0.3 is 0 Å². The molecule has 21 heavy (non-hydrogen) atoms. The summed E-state index contributed by atoms with van der Waals surface area (Å²) < 4.78 is 28.7. The van der Waals surface area contributed by atoms with Crippen LogP contribution in [0.25, 0.3) is 0 Å². The first-order valence-electron chi connectivity index (χ1n) is 6.80. The average Bonchev–Trinajstić information content (AvgIpc) is 2.38. The zero-order chi connectivity index (χ0) is 16.2. The molecule has 0 saturated carbocycles. The second-order valence-electron chi connectivity index (χ2n) is 5.24. The molecular formula is C14H22Br2N2O2S. The van der Waals surface area contributed by atoms with Crippen molar-refractivity contribution in [3.05, 3.63) is 26.6 Å². The third-order valence-electron chi connectivity index (χ3n) is 3.10. The van der Waals surface area contributed by atoms with Crippen molar-refractivity contribution in [2.75, 3.05) is 33.7 Å². The normalized spacial score (nSPS) is 12.4. The van der Waals surface area contributed by atoms with E-state index in [4.69, 9.17) is 0 Å². The van der Waals surface area contributed by atoms with Gasteiger partial charge in [0.15, 0.2) is 0 Å². The van der Waals surface area contributed by atoms with Gasteiger partial charge < -0.3 is 4.90 Å². The van der Waals surface area contributed by atoms with Gasteiger partial charge in [-0.25, -0.2) is 8.42 Å². The molecule has 0 heterocycles.